The van der Waals surface area contributed by atoms with E-state index in [1.165, 1.54) is 4.90 Å². The summed E-state index contributed by atoms with van der Waals surface area (Å²) in [5.41, 5.74) is 0. The van der Waals surface area contributed by atoms with Crippen LogP contribution in [0.25, 0.3) is 0 Å². The van der Waals surface area contributed by atoms with Gasteiger partial charge in [0, 0.05) is 16.0 Å². The Kier molecular flexibility index (Phi) is 4.54. The predicted molar refractivity (Wildman–Crippen MR) is 57.5 cm³/mol. The van der Waals surface area contributed by atoms with E-state index in [2.05, 4.69) is 28.1 Å². The van der Waals surface area contributed by atoms with E-state index in [1.54, 1.807) is 7.11 Å². The summed E-state index contributed by atoms with van der Waals surface area (Å²) in [7, 11) is 1.68. The number of hydrogen-bond acceptors (Lipinski definition) is 2. The van der Waals surface area contributed by atoms with Gasteiger partial charge in [0.05, 0.1) is 7.11 Å². The molecule has 0 aliphatic heterocycles. The molecule has 0 atom stereocenters. The van der Waals surface area contributed by atoms with E-state index in [4.69, 9.17) is 4.74 Å². The van der Waals surface area contributed by atoms with Crippen LogP contribution < -0.4 is 4.74 Å². The van der Waals surface area contributed by atoms with Crippen LogP contribution in [-0.2, 0) is 0 Å². The number of halogens is 1. The van der Waals surface area contributed by atoms with Crippen LogP contribution in [0.5, 0.6) is 5.75 Å². The molecule has 3 heteroatoms. The molecule has 1 rings (SSSR count). The molecule has 0 amide bonds. The Hall–Kier alpha value is -0.150. The van der Waals surface area contributed by atoms with E-state index in [0.29, 0.717) is 0 Å². The molecule has 0 aliphatic rings. The van der Waals surface area contributed by atoms with Gasteiger partial charge in [0.2, 0.25) is 0 Å². The first-order chi connectivity index (χ1) is 5.86. The highest BCUT2D eigenvalue weighted by atomic mass is 79.9. The molecule has 1 aromatic carbocycles. The van der Waals surface area contributed by atoms with E-state index < -0.39 is 0 Å². The SMILES string of the molecule is COc1ccc(SCCBr)cc1. The zero-order valence-corrected chi connectivity index (χ0v) is 9.32. The minimum atomic E-state index is 0.915. The second-order valence-electron chi connectivity index (χ2n) is 2.21. The molecule has 0 aromatic heterocycles. The second kappa shape index (κ2) is 5.49. The summed E-state index contributed by atoms with van der Waals surface area (Å²) in [5, 5.41) is 1.03. The van der Waals surface area contributed by atoms with Crippen molar-refractivity contribution in [2.75, 3.05) is 18.2 Å². The van der Waals surface area contributed by atoms with Crippen LogP contribution in [0.3, 0.4) is 0 Å². The van der Waals surface area contributed by atoms with Crippen LogP contribution in [0.2, 0.25) is 0 Å². The van der Waals surface area contributed by atoms with Gasteiger partial charge in [0.25, 0.3) is 0 Å². The Morgan fingerprint density at radius 1 is 1.33 bits per heavy atom. The fourth-order valence-corrected chi connectivity index (χ4v) is 1.96. The van der Waals surface area contributed by atoms with Crippen molar-refractivity contribution in [3.05, 3.63) is 24.3 Å². The van der Waals surface area contributed by atoms with Crippen molar-refractivity contribution in [3.8, 4) is 5.75 Å². The first-order valence-corrected chi connectivity index (χ1v) is 5.80. The fraction of sp³-hybridized carbons (Fsp3) is 0.333. The number of alkyl halides is 1. The number of methoxy groups -OCH3 is 1. The lowest BCUT2D eigenvalue weighted by atomic mass is 10.3. The topological polar surface area (TPSA) is 9.23 Å². The minimum absolute atomic E-state index is 0.915. The molecule has 0 unspecified atom stereocenters. The summed E-state index contributed by atoms with van der Waals surface area (Å²) >= 11 is 5.23. The average molecular weight is 247 g/mol. The molecule has 0 radical (unpaired) electrons. The van der Waals surface area contributed by atoms with E-state index in [9.17, 15) is 0 Å². The quantitative estimate of drug-likeness (QED) is 0.597. The molecule has 0 heterocycles. The maximum Gasteiger partial charge on any atom is 0.118 e. The van der Waals surface area contributed by atoms with Crippen molar-refractivity contribution >= 4 is 27.7 Å². The van der Waals surface area contributed by atoms with Crippen LogP contribution in [-0.4, -0.2) is 18.2 Å². The first kappa shape index (κ1) is 9.93. The summed E-state index contributed by atoms with van der Waals surface area (Å²) in [5.74, 6) is 2.02. The summed E-state index contributed by atoms with van der Waals surface area (Å²) < 4.78 is 5.06. The summed E-state index contributed by atoms with van der Waals surface area (Å²) in [6.45, 7) is 0. The van der Waals surface area contributed by atoms with E-state index in [0.717, 1.165) is 16.8 Å². The molecule has 1 nitrogen and oxygen atoms in total. The standard InChI is InChI=1S/C9H11BrOS/c1-11-8-2-4-9(5-3-8)12-7-6-10/h2-5H,6-7H2,1H3. The van der Waals surface area contributed by atoms with Gasteiger partial charge in [-0.05, 0) is 24.3 Å². The Morgan fingerprint density at radius 2 is 2.00 bits per heavy atom. The van der Waals surface area contributed by atoms with Gasteiger partial charge in [-0.15, -0.1) is 11.8 Å². The maximum atomic E-state index is 5.06. The zero-order chi connectivity index (χ0) is 8.81. The molecule has 0 N–H and O–H groups in total. The molecule has 0 fully saturated rings. The van der Waals surface area contributed by atoms with Gasteiger partial charge in [-0.25, -0.2) is 0 Å². The molecule has 66 valence electrons. The van der Waals surface area contributed by atoms with Crippen LogP contribution in [0.4, 0.5) is 0 Å². The van der Waals surface area contributed by atoms with Crippen molar-refractivity contribution in [1.82, 2.24) is 0 Å². The van der Waals surface area contributed by atoms with Crippen molar-refractivity contribution in [2.45, 2.75) is 4.90 Å². The van der Waals surface area contributed by atoms with Crippen LogP contribution >= 0.6 is 27.7 Å². The van der Waals surface area contributed by atoms with Crippen molar-refractivity contribution < 1.29 is 4.74 Å². The van der Waals surface area contributed by atoms with Gasteiger partial charge in [-0.1, -0.05) is 15.9 Å². The Morgan fingerprint density at radius 3 is 2.50 bits per heavy atom. The maximum absolute atomic E-state index is 5.06. The summed E-state index contributed by atoms with van der Waals surface area (Å²) in [4.78, 5) is 1.29. The van der Waals surface area contributed by atoms with E-state index >= 15 is 0 Å². The number of thioether (sulfide) groups is 1. The Bertz CT molecular complexity index is 222. The average Bonchev–Trinajstić information content (AvgIpc) is 2.15. The summed E-state index contributed by atoms with van der Waals surface area (Å²) in [6.07, 6.45) is 0. The molecule has 0 spiro atoms. The predicted octanol–water partition coefficient (Wildman–Crippen LogP) is 3.18. The molecule has 12 heavy (non-hydrogen) atoms. The lowest BCUT2D eigenvalue weighted by molar-refractivity contribution is 0.414. The molecule has 0 saturated carbocycles. The molecule has 0 saturated heterocycles. The van der Waals surface area contributed by atoms with Crippen molar-refractivity contribution in [2.24, 2.45) is 0 Å². The third-order valence-corrected chi connectivity index (χ3v) is 3.34. The molecule has 0 bridgehead atoms. The highest BCUT2D eigenvalue weighted by Crippen LogP contribution is 2.21. The number of ether oxygens (including phenoxy) is 1. The second-order valence-corrected chi connectivity index (χ2v) is 4.17. The number of benzene rings is 1. The summed E-state index contributed by atoms with van der Waals surface area (Å²) in [6, 6.07) is 8.12. The van der Waals surface area contributed by atoms with Gasteiger partial charge in [-0.3, -0.25) is 0 Å². The molecule has 1 aromatic rings. The number of hydrogen-bond donors (Lipinski definition) is 0. The van der Waals surface area contributed by atoms with Crippen molar-refractivity contribution in [3.63, 3.8) is 0 Å². The molecular weight excluding hydrogens is 236 g/mol. The highest BCUT2D eigenvalue weighted by molar-refractivity contribution is 9.09. The van der Waals surface area contributed by atoms with Gasteiger partial charge in [0.15, 0.2) is 0 Å². The normalized spacial score (nSPS) is 9.83. The highest BCUT2D eigenvalue weighted by Gasteiger charge is 1.93. The van der Waals surface area contributed by atoms with Gasteiger partial charge in [-0.2, -0.15) is 0 Å². The number of rotatable bonds is 4. The zero-order valence-electron chi connectivity index (χ0n) is 6.92. The third kappa shape index (κ3) is 3.07. The van der Waals surface area contributed by atoms with Crippen molar-refractivity contribution in [1.29, 1.82) is 0 Å². The first-order valence-electron chi connectivity index (χ1n) is 3.69. The minimum Gasteiger partial charge on any atom is -0.497 e. The lowest BCUT2D eigenvalue weighted by Gasteiger charge is -2.01. The van der Waals surface area contributed by atoms with Gasteiger partial charge >= 0.3 is 0 Å². The molecular formula is C9H11BrOS. The largest absolute Gasteiger partial charge is 0.497 e. The Balaban J connectivity index is 2.53. The fourth-order valence-electron chi connectivity index (χ4n) is 0.828. The molecule has 0 aliphatic carbocycles. The van der Waals surface area contributed by atoms with E-state index in [1.807, 2.05) is 23.9 Å². The third-order valence-electron chi connectivity index (χ3n) is 1.41. The lowest BCUT2D eigenvalue weighted by Crippen LogP contribution is -1.82. The van der Waals surface area contributed by atoms with E-state index in [-0.39, 0.29) is 0 Å². The smallest absolute Gasteiger partial charge is 0.118 e. The van der Waals surface area contributed by atoms with Gasteiger partial charge < -0.3 is 4.74 Å². The van der Waals surface area contributed by atoms with Crippen LogP contribution in [0.1, 0.15) is 0 Å². The van der Waals surface area contributed by atoms with Crippen LogP contribution in [0, 0.1) is 0 Å². The van der Waals surface area contributed by atoms with Crippen LogP contribution in [0.15, 0.2) is 29.2 Å². The Labute approximate surface area is 85.6 Å². The van der Waals surface area contributed by atoms with Gasteiger partial charge in [0.1, 0.15) is 5.75 Å². The monoisotopic (exact) mass is 246 g/mol.